The van der Waals surface area contributed by atoms with Crippen molar-refractivity contribution in [1.82, 2.24) is 9.88 Å². The number of pyridine rings is 1. The van der Waals surface area contributed by atoms with E-state index in [1.807, 2.05) is 24.1 Å². The van der Waals surface area contributed by atoms with Crippen molar-refractivity contribution in [2.24, 2.45) is 5.73 Å². The number of carbonyl (C=O) groups is 1. The first-order valence-electron chi connectivity index (χ1n) is 6.57. The zero-order valence-corrected chi connectivity index (χ0v) is 11.1. The lowest BCUT2D eigenvalue weighted by Gasteiger charge is -2.17. The van der Waals surface area contributed by atoms with E-state index >= 15 is 0 Å². The highest BCUT2D eigenvalue weighted by atomic mass is 16.2. The van der Waals surface area contributed by atoms with Gasteiger partial charge < -0.3 is 10.6 Å². The number of carbonyl (C=O) groups excluding carboxylic acids is 1. The maximum absolute atomic E-state index is 11.8. The van der Waals surface area contributed by atoms with Crippen molar-refractivity contribution >= 4 is 5.91 Å². The molecule has 0 aliphatic carbocycles. The van der Waals surface area contributed by atoms with Gasteiger partial charge in [-0.25, -0.2) is 0 Å². The monoisotopic (exact) mass is 249 g/mol. The Morgan fingerprint density at radius 1 is 1.28 bits per heavy atom. The summed E-state index contributed by atoms with van der Waals surface area (Å²) in [5.74, 6) is 0.223. The average molecular weight is 249 g/mol. The first-order valence-corrected chi connectivity index (χ1v) is 6.57. The molecular formula is C14H23N3O. The number of amides is 1. The van der Waals surface area contributed by atoms with E-state index in [1.54, 1.807) is 12.4 Å². The lowest BCUT2D eigenvalue weighted by atomic mass is 10.1. The molecule has 0 fully saturated rings. The second-order valence-electron chi connectivity index (χ2n) is 4.52. The van der Waals surface area contributed by atoms with E-state index < -0.39 is 0 Å². The van der Waals surface area contributed by atoms with Crippen molar-refractivity contribution in [1.29, 1.82) is 0 Å². The summed E-state index contributed by atoms with van der Waals surface area (Å²) in [6, 6.07) is 3.97. The van der Waals surface area contributed by atoms with Gasteiger partial charge in [-0.15, -0.1) is 0 Å². The molecule has 0 saturated heterocycles. The maximum atomic E-state index is 11.8. The van der Waals surface area contributed by atoms with Gasteiger partial charge in [-0.1, -0.05) is 6.42 Å². The van der Waals surface area contributed by atoms with E-state index in [0.29, 0.717) is 13.0 Å². The third-order valence-electron chi connectivity index (χ3n) is 3.01. The molecule has 18 heavy (non-hydrogen) atoms. The topological polar surface area (TPSA) is 59.2 Å². The summed E-state index contributed by atoms with van der Waals surface area (Å²) < 4.78 is 0. The lowest BCUT2D eigenvalue weighted by Crippen LogP contribution is -2.28. The minimum Gasteiger partial charge on any atom is -0.345 e. The van der Waals surface area contributed by atoms with Gasteiger partial charge in [0, 0.05) is 32.4 Å². The summed E-state index contributed by atoms with van der Waals surface area (Å²) in [5.41, 5.74) is 6.63. The first-order chi connectivity index (χ1) is 8.74. The molecule has 0 aliphatic rings. The fourth-order valence-corrected chi connectivity index (χ4v) is 1.76. The lowest BCUT2D eigenvalue weighted by molar-refractivity contribution is -0.130. The summed E-state index contributed by atoms with van der Waals surface area (Å²) in [7, 11) is 1.87. The van der Waals surface area contributed by atoms with Gasteiger partial charge in [-0.3, -0.25) is 9.78 Å². The van der Waals surface area contributed by atoms with Crippen LogP contribution in [0.25, 0.3) is 0 Å². The molecule has 0 aromatic carbocycles. The van der Waals surface area contributed by atoms with Crippen molar-refractivity contribution in [2.75, 3.05) is 20.1 Å². The number of hydrogen-bond acceptors (Lipinski definition) is 3. The van der Waals surface area contributed by atoms with Crippen LogP contribution in [0.1, 0.15) is 31.2 Å². The standard InChI is InChI=1S/C14H23N3O/c1-17(14(18)5-3-2-4-9-15)12-8-13-6-10-16-11-7-13/h6-7,10-11H,2-5,8-9,12,15H2,1H3. The Balaban J connectivity index is 2.19. The van der Waals surface area contributed by atoms with Crippen molar-refractivity contribution in [3.05, 3.63) is 30.1 Å². The van der Waals surface area contributed by atoms with E-state index in [4.69, 9.17) is 5.73 Å². The first kappa shape index (κ1) is 14.6. The van der Waals surface area contributed by atoms with Crippen LogP contribution >= 0.6 is 0 Å². The second kappa shape index (κ2) is 8.64. The molecule has 0 atom stereocenters. The van der Waals surface area contributed by atoms with Gasteiger partial charge in [0.15, 0.2) is 0 Å². The van der Waals surface area contributed by atoms with Crippen molar-refractivity contribution in [3.63, 3.8) is 0 Å². The van der Waals surface area contributed by atoms with Crippen LogP contribution in [0.15, 0.2) is 24.5 Å². The SMILES string of the molecule is CN(CCc1ccncc1)C(=O)CCCCCN. The van der Waals surface area contributed by atoms with Crippen molar-refractivity contribution in [2.45, 2.75) is 32.1 Å². The summed E-state index contributed by atoms with van der Waals surface area (Å²) in [4.78, 5) is 17.6. The Hall–Kier alpha value is -1.42. The van der Waals surface area contributed by atoms with Crippen LogP contribution in [-0.2, 0) is 11.2 Å². The number of nitrogens with two attached hydrogens (primary N) is 1. The van der Waals surface area contributed by atoms with Crippen molar-refractivity contribution in [3.8, 4) is 0 Å². The highest BCUT2D eigenvalue weighted by Gasteiger charge is 2.07. The van der Waals surface area contributed by atoms with E-state index in [1.165, 1.54) is 5.56 Å². The fraction of sp³-hybridized carbons (Fsp3) is 0.571. The number of unbranched alkanes of at least 4 members (excludes halogenated alkanes) is 2. The Labute approximate surface area is 109 Å². The number of nitrogens with zero attached hydrogens (tertiary/aromatic N) is 2. The Morgan fingerprint density at radius 3 is 2.67 bits per heavy atom. The minimum absolute atomic E-state index is 0.223. The molecule has 2 N–H and O–H groups in total. The van der Waals surface area contributed by atoms with Crippen LogP contribution in [-0.4, -0.2) is 35.9 Å². The predicted molar refractivity (Wildman–Crippen MR) is 73.1 cm³/mol. The van der Waals surface area contributed by atoms with Crippen LogP contribution in [0.3, 0.4) is 0 Å². The molecule has 100 valence electrons. The average Bonchev–Trinajstić information content (AvgIpc) is 2.42. The molecule has 0 radical (unpaired) electrons. The fourth-order valence-electron chi connectivity index (χ4n) is 1.76. The van der Waals surface area contributed by atoms with Crippen LogP contribution in [0.5, 0.6) is 0 Å². The summed E-state index contributed by atoms with van der Waals surface area (Å²) in [6.07, 6.45) is 8.07. The normalized spacial score (nSPS) is 10.3. The highest BCUT2D eigenvalue weighted by molar-refractivity contribution is 5.75. The molecule has 1 heterocycles. The molecule has 0 aliphatic heterocycles. The predicted octanol–water partition coefficient (Wildman–Crippen LogP) is 1.60. The molecular weight excluding hydrogens is 226 g/mol. The van der Waals surface area contributed by atoms with Crippen LogP contribution in [0.2, 0.25) is 0 Å². The molecule has 4 heteroatoms. The van der Waals surface area contributed by atoms with Gasteiger partial charge in [-0.05, 0) is 43.5 Å². The Kier molecular flexibility index (Phi) is 7.03. The van der Waals surface area contributed by atoms with Crippen molar-refractivity contribution < 1.29 is 4.79 Å². The molecule has 4 nitrogen and oxygen atoms in total. The number of likely N-dealkylation sites (N-methyl/N-ethyl adjacent to an activating group) is 1. The third-order valence-corrected chi connectivity index (χ3v) is 3.01. The van der Waals surface area contributed by atoms with Gasteiger partial charge in [-0.2, -0.15) is 0 Å². The molecule has 1 aromatic heterocycles. The Bertz CT molecular complexity index is 340. The zero-order valence-electron chi connectivity index (χ0n) is 11.1. The smallest absolute Gasteiger partial charge is 0.222 e. The quantitative estimate of drug-likeness (QED) is 0.712. The Morgan fingerprint density at radius 2 is 2.00 bits per heavy atom. The minimum atomic E-state index is 0.223. The number of hydrogen-bond donors (Lipinski definition) is 1. The van der Waals surface area contributed by atoms with Gasteiger partial charge in [0.05, 0.1) is 0 Å². The summed E-state index contributed by atoms with van der Waals surface area (Å²) >= 11 is 0. The molecule has 0 unspecified atom stereocenters. The van der Waals surface area contributed by atoms with Gasteiger partial charge >= 0.3 is 0 Å². The molecule has 0 saturated carbocycles. The highest BCUT2D eigenvalue weighted by Crippen LogP contribution is 2.04. The second-order valence-corrected chi connectivity index (χ2v) is 4.52. The van der Waals surface area contributed by atoms with E-state index in [2.05, 4.69) is 4.98 Å². The van der Waals surface area contributed by atoms with Gasteiger partial charge in [0.1, 0.15) is 0 Å². The molecule has 1 aromatic rings. The van der Waals surface area contributed by atoms with Crippen LogP contribution < -0.4 is 5.73 Å². The maximum Gasteiger partial charge on any atom is 0.222 e. The molecule has 1 amide bonds. The van der Waals surface area contributed by atoms with Crippen LogP contribution in [0.4, 0.5) is 0 Å². The van der Waals surface area contributed by atoms with Crippen LogP contribution in [0, 0.1) is 0 Å². The number of aromatic nitrogens is 1. The van der Waals surface area contributed by atoms with Gasteiger partial charge in [0.2, 0.25) is 5.91 Å². The number of rotatable bonds is 8. The van der Waals surface area contributed by atoms with E-state index in [0.717, 1.165) is 32.2 Å². The zero-order chi connectivity index (χ0) is 13.2. The van der Waals surface area contributed by atoms with Gasteiger partial charge in [0.25, 0.3) is 0 Å². The summed E-state index contributed by atoms with van der Waals surface area (Å²) in [6.45, 7) is 1.48. The molecule has 0 bridgehead atoms. The molecule has 1 rings (SSSR count). The van der Waals surface area contributed by atoms with E-state index in [-0.39, 0.29) is 5.91 Å². The largest absolute Gasteiger partial charge is 0.345 e. The summed E-state index contributed by atoms with van der Waals surface area (Å²) in [5, 5.41) is 0. The van der Waals surface area contributed by atoms with E-state index in [9.17, 15) is 4.79 Å². The molecule has 0 spiro atoms. The third kappa shape index (κ3) is 5.77.